The minimum absolute atomic E-state index is 0.393. The van der Waals surface area contributed by atoms with Crippen LogP contribution in [-0.2, 0) is 0 Å². The molecule has 110 valence electrons. The Morgan fingerprint density at radius 2 is 1.95 bits per heavy atom. The predicted octanol–water partition coefficient (Wildman–Crippen LogP) is 5.09. The highest BCUT2D eigenvalue weighted by Gasteiger charge is 2.20. The Morgan fingerprint density at radius 1 is 1.14 bits per heavy atom. The minimum atomic E-state index is -0.393. The Balaban J connectivity index is 1.63. The van der Waals surface area contributed by atoms with Gasteiger partial charge in [-0.25, -0.2) is 0 Å². The lowest BCUT2D eigenvalue weighted by atomic mass is 9.79. The van der Waals surface area contributed by atoms with Crippen LogP contribution in [0.15, 0.2) is 53.4 Å². The van der Waals surface area contributed by atoms with Crippen LogP contribution < -0.4 is 0 Å². The van der Waals surface area contributed by atoms with Crippen molar-refractivity contribution in [3.8, 4) is 0 Å². The van der Waals surface area contributed by atoms with Crippen LogP contribution in [0.25, 0.3) is 0 Å². The summed E-state index contributed by atoms with van der Waals surface area (Å²) in [6.07, 6.45) is 3.56. The van der Waals surface area contributed by atoms with Crippen LogP contribution in [0.5, 0.6) is 0 Å². The van der Waals surface area contributed by atoms with Crippen molar-refractivity contribution in [1.29, 1.82) is 0 Å². The number of aliphatic hydroxyl groups is 1. The molecule has 0 radical (unpaired) electrons. The first-order chi connectivity index (χ1) is 10.2. The molecule has 0 bridgehead atoms. The van der Waals surface area contributed by atoms with Crippen molar-refractivity contribution < 1.29 is 5.11 Å². The molecule has 1 saturated carbocycles. The highest BCUT2D eigenvalue weighted by atomic mass is 32.2. The third-order valence-corrected chi connectivity index (χ3v) is 5.34. The van der Waals surface area contributed by atoms with E-state index in [1.165, 1.54) is 35.3 Å². The lowest BCUT2D eigenvalue weighted by molar-refractivity contribution is 0.204. The summed E-state index contributed by atoms with van der Waals surface area (Å²) in [7, 11) is 0. The number of hydrogen-bond donors (Lipinski definition) is 1. The molecule has 1 aliphatic carbocycles. The number of aryl methyl sites for hydroxylation is 1. The van der Waals surface area contributed by atoms with E-state index in [-0.39, 0.29) is 0 Å². The van der Waals surface area contributed by atoms with E-state index >= 15 is 0 Å². The molecule has 1 aliphatic rings. The average molecular weight is 298 g/mol. The van der Waals surface area contributed by atoms with Gasteiger partial charge < -0.3 is 5.11 Å². The van der Waals surface area contributed by atoms with Crippen molar-refractivity contribution >= 4 is 11.8 Å². The molecule has 0 aliphatic heterocycles. The van der Waals surface area contributed by atoms with Gasteiger partial charge in [0.1, 0.15) is 0 Å². The first kappa shape index (κ1) is 14.7. The molecule has 0 aromatic heterocycles. The molecule has 2 aromatic carbocycles. The molecule has 3 rings (SSSR count). The van der Waals surface area contributed by atoms with Crippen molar-refractivity contribution in [1.82, 2.24) is 0 Å². The summed E-state index contributed by atoms with van der Waals surface area (Å²) < 4.78 is 0. The topological polar surface area (TPSA) is 20.2 Å². The zero-order valence-electron chi connectivity index (χ0n) is 12.5. The lowest BCUT2D eigenvalue weighted by Crippen LogP contribution is -2.10. The van der Waals surface area contributed by atoms with E-state index in [9.17, 15) is 5.11 Å². The number of rotatable bonds is 5. The molecule has 2 aromatic rings. The van der Waals surface area contributed by atoms with Gasteiger partial charge in [0.25, 0.3) is 0 Å². The van der Waals surface area contributed by atoms with Crippen LogP contribution in [0.2, 0.25) is 0 Å². The van der Waals surface area contributed by atoms with Gasteiger partial charge in [-0.2, -0.15) is 0 Å². The second-order valence-corrected chi connectivity index (χ2v) is 7.03. The quantitative estimate of drug-likeness (QED) is 0.776. The molecule has 0 heterocycles. The van der Waals surface area contributed by atoms with E-state index in [4.69, 9.17) is 0 Å². The van der Waals surface area contributed by atoms with Gasteiger partial charge in [0.2, 0.25) is 0 Å². The van der Waals surface area contributed by atoms with Crippen molar-refractivity contribution in [2.75, 3.05) is 5.75 Å². The Morgan fingerprint density at radius 3 is 2.67 bits per heavy atom. The van der Waals surface area contributed by atoms with Gasteiger partial charge >= 0.3 is 0 Å². The normalized spacial score (nSPS) is 16.5. The van der Waals surface area contributed by atoms with Gasteiger partial charge in [0.15, 0.2) is 0 Å². The van der Waals surface area contributed by atoms with Gasteiger partial charge in [-0.15, -0.1) is 11.8 Å². The van der Waals surface area contributed by atoms with Crippen LogP contribution in [0.3, 0.4) is 0 Å². The lowest BCUT2D eigenvalue weighted by Gasteiger charge is -2.26. The maximum absolute atomic E-state index is 10.4. The largest absolute Gasteiger partial charge is 0.388 e. The summed E-state index contributed by atoms with van der Waals surface area (Å²) in [5.74, 6) is 1.43. The molecule has 1 nitrogen and oxygen atoms in total. The molecule has 0 saturated heterocycles. The minimum Gasteiger partial charge on any atom is -0.388 e. The molecule has 1 unspecified atom stereocenters. The van der Waals surface area contributed by atoms with Crippen LogP contribution in [0, 0.1) is 6.92 Å². The fourth-order valence-corrected chi connectivity index (χ4v) is 3.73. The predicted molar refractivity (Wildman–Crippen MR) is 89.9 cm³/mol. The molecular formula is C19H22OS. The maximum Gasteiger partial charge on any atom is 0.0884 e. The summed E-state index contributed by atoms with van der Waals surface area (Å²) in [6.45, 7) is 2.10. The summed E-state index contributed by atoms with van der Waals surface area (Å²) in [6, 6.07) is 17.0. The Bertz CT molecular complexity index is 604. The summed E-state index contributed by atoms with van der Waals surface area (Å²) in [5.41, 5.74) is 3.72. The molecule has 0 amide bonds. The monoisotopic (exact) mass is 298 g/mol. The van der Waals surface area contributed by atoms with Crippen LogP contribution in [-0.4, -0.2) is 10.9 Å². The molecule has 1 N–H and O–H groups in total. The molecule has 21 heavy (non-hydrogen) atoms. The van der Waals surface area contributed by atoms with Gasteiger partial charge in [-0.3, -0.25) is 0 Å². The SMILES string of the molecule is Cc1cccc(SCC(O)c2cccc(C3CCC3)c2)c1. The maximum atomic E-state index is 10.4. The van der Waals surface area contributed by atoms with E-state index in [1.54, 1.807) is 11.8 Å². The molecule has 1 fully saturated rings. The van der Waals surface area contributed by atoms with Crippen molar-refractivity contribution in [3.05, 3.63) is 65.2 Å². The van der Waals surface area contributed by atoms with Crippen molar-refractivity contribution in [3.63, 3.8) is 0 Å². The average Bonchev–Trinajstić information content (AvgIpc) is 2.43. The van der Waals surface area contributed by atoms with E-state index < -0.39 is 6.10 Å². The van der Waals surface area contributed by atoms with Gasteiger partial charge in [-0.1, -0.05) is 48.4 Å². The van der Waals surface area contributed by atoms with E-state index in [1.807, 2.05) is 6.07 Å². The smallest absolute Gasteiger partial charge is 0.0884 e. The Hall–Kier alpha value is -1.25. The second kappa shape index (κ2) is 6.67. The molecule has 0 spiro atoms. The fraction of sp³-hybridized carbons (Fsp3) is 0.368. The highest BCUT2D eigenvalue weighted by Crippen LogP contribution is 2.37. The van der Waals surface area contributed by atoms with Crippen LogP contribution in [0.1, 0.15) is 48.0 Å². The van der Waals surface area contributed by atoms with Crippen molar-refractivity contribution in [2.45, 2.75) is 43.1 Å². The number of benzene rings is 2. The first-order valence-electron chi connectivity index (χ1n) is 7.70. The molecule has 2 heteroatoms. The van der Waals surface area contributed by atoms with Gasteiger partial charge in [0, 0.05) is 10.6 Å². The molecule has 1 atom stereocenters. The van der Waals surface area contributed by atoms with Crippen molar-refractivity contribution in [2.24, 2.45) is 0 Å². The first-order valence-corrected chi connectivity index (χ1v) is 8.68. The zero-order valence-corrected chi connectivity index (χ0v) is 13.3. The summed E-state index contributed by atoms with van der Waals surface area (Å²) in [4.78, 5) is 1.23. The Kier molecular flexibility index (Phi) is 4.67. The van der Waals surface area contributed by atoms with Crippen LogP contribution in [0.4, 0.5) is 0 Å². The highest BCUT2D eigenvalue weighted by molar-refractivity contribution is 7.99. The zero-order chi connectivity index (χ0) is 14.7. The van der Waals surface area contributed by atoms with E-state index in [0.29, 0.717) is 5.75 Å². The summed E-state index contributed by atoms with van der Waals surface area (Å²) >= 11 is 1.72. The third kappa shape index (κ3) is 3.69. The standard InChI is InChI=1S/C19H22OS/c1-14-5-2-10-18(11-14)21-13-19(20)17-9-4-8-16(12-17)15-6-3-7-15/h2,4-5,8-12,15,19-20H,3,6-7,13H2,1H3. The van der Waals surface area contributed by atoms with E-state index in [0.717, 1.165) is 11.5 Å². The molecular weight excluding hydrogens is 276 g/mol. The number of thioether (sulfide) groups is 1. The number of hydrogen-bond acceptors (Lipinski definition) is 2. The van der Waals surface area contributed by atoms with E-state index in [2.05, 4.69) is 49.4 Å². The van der Waals surface area contributed by atoms with Gasteiger partial charge in [0.05, 0.1) is 6.10 Å². The van der Waals surface area contributed by atoms with Gasteiger partial charge in [-0.05, 0) is 48.9 Å². The number of aliphatic hydroxyl groups excluding tert-OH is 1. The Labute approximate surface area is 131 Å². The summed E-state index contributed by atoms with van der Waals surface area (Å²) in [5, 5.41) is 10.4. The second-order valence-electron chi connectivity index (χ2n) is 5.94. The third-order valence-electron chi connectivity index (χ3n) is 4.27. The van der Waals surface area contributed by atoms with Crippen LogP contribution >= 0.6 is 11.8 Å². The fourth-order valence-electron chi connectivity index (χ4n) is 2.74.